The number of fused-ring (bicyclic) bond motifs is 1. The largest absolute Gasteiger partial charge is 0.442 e. The molecule has 2 heterocycles. The van der Waals surface area contributed by atoms with Gasteiger partial charge in [0.25, 0.3) is 0 Å². The first kappa shape index (κ1) is 16.5. The van der Waals surface area contributed by atoms with Gasteiger partial charge in [-0.1, -0.05) is 23.7 Å². The van der Waals surface area contributed by atoms with Crippen molar-refractivity contribution < 1.29 is 14.3 Å². The second kappa shape index (κ2) is 7.01. The molecule has 2 amide bonds. The molecule has 0 N–H and O–H groups in total. The summed E-state index contributed by atoms with van der Waals surface area (Å²) in [5, 5.41) is 0.694. The molecule has 0 spiro atoms. The Morgan fingerprint density at radius 1 is 1.43 bits per heavy atom. The molecule has 2 fully saturated rings. The predicted octanol–water partition coefficient (Wildman–Crippen LogP) is 2.28. The predicted molar refractivity (Wildman–Crippen MR) is 90.9 cm³/mol. The lowest BCUT2D eigenvalue weighted by Crippen LogP contribution is -2.40. The molecule has 23 heavy (non-hydrogen) atoms. The van der Waals surface area contributed by atoms with Gasteiger partial charge in [-0.25, -0.2) is 4.79 Å². The van der Waals surface area contributed by atoms with Crippen LogP contribution in [0.5, 0.6) is 0 Å². The Bertz CT molecular complexity index is 613. The number of halogens is 1. The number of thioether (sulfide) groups is 1. The molecule has 5 nitrogen and oxygen atoms in total. The van der Waals surface area contributed by atoms with Crippen LogP contribution in [0.15, 0.2) is 24.3 Å². The summed E-state index contributed by atoms with van der Waals surface area (Å²) in [4.78, 5) is 27.6. The second-order valence-electron chi connectivity index (χ2n) is 5.79. The number of nitrogens with zero attached hydrogens (tertiary/aromatic N) is 2. The molecule has 3 rings (SSSR count). The highest BCUT2D eigenvalue weighted by Crippen LogP contribution is 2.27. The maximum Gasteiger partial charge on any atom is 0.410 e. The van der Waals surface area contributed by atoms with Crippen molar-refractivity contribution in [1.82, 2.24) is 9.80 Å². The fourth-order valence-electron chi connectivity index (χ4n) is 3.12. The van der Waals surface area contributed by atoms with Crippen LogP contribution in [0.4, 0.5) is 4.79 Å². The van der Waals surface area contributed by atoms with Crippen LogP contribution in [0.25, 0.3) is 0 Å². The molecule has 0 aliphatic carbocycles. The molecule has 0 aromatic heterocycles. The summed E-state index contributed by atoms with van der Waals surface area (Å²) >= 11 is 7.50. The SMILES string of the molecule is CSCC(=O)N1C[C@H]2OC(=O)N(CCc3cccc(Cl)c3)[C@H]2C1. The zero-order valence-electron chi connectivity index (χ0n) is 12.9. The van der Waals surface area contributed by atoms with E-state index >= 15 is 0 Å². The molecule has 0 saturated carbocycles. The van der Waals surface area contributed by atoms with Gasteiger partial charge in [0, 0.05) is 18.1 Å². The minimum atomic E-state index is -0.279. The lowest BCUT2D eigenvalue weighted by Gasteiger charge is -2.22. The molecule has 1 aromatic carbocycles. The third-order valence-electron chi connectivity index (χ3n) is 4.27. The molecule has 0 unspecified atom stereocenters. The Balaban J connectivity index is 1.61. The molecule has 2 atom stereocenters. The molecule has 2 aliphatic rings. The fourth-order valence-corrected chi connectivity index (χ4v) is 3.76. The first-order chi connectivity index (χ1) is 11.1. The summed E-state index contributed by atoms with van der Waals surface area (Å²) in [6.45, 7) is 1.64. The number of benzene rings is 1. The summed E-state index contributed by atoms with van der Waals surface area (Å²) in [6, 6.07) is 7.60. The van der Waals surface area contributed by atoms with Gasteiger partial charge in [0.05, 0.1) is 18.3 Å². The van der Waals surface area contributed by atoms with E-state index in [0.29, 0.717) is 30.4 Å². The average molecular weight is 355 g/mol. The molecule has 0 radical (unpaired) electrons. The van der Waals surface area contributed by atoms with Crippen LogP contribution >= 0.6 is 23.4 Å². The van der Waals surface area contributed by atoms with E-state index in [4.69, 9.17) is 16.3 Å². The second-order valence-corrected chi connectivity index (χ2v) is 7.10. The number of hydrogen-bond donors (Lipinski definition) is 0. The Morgan fingerprint density at radius 2 is 2.26 bits per heavy atom. The highest BCUT2D eigenvalue weighted by Gasteiger charge is 2.48. The Kier molecular flexibility index (Phi) is 5.02. The third kappa shape index (κ3) is 3.58. The Morgan fingerprint density at radius 3 is 3.00 bits per heavy atom. The van der Waals surface area contributed by atoms with Gasteiger partial charge in [-0.3, -0.25) is 9.69 Å². The smallest absolute Gasteiger partial charge is 0.410 e. The van der Waals surface area contributed by atoms with Gasteiger partial charge in [-0.2, -0.15) is 11.8 Å². The van der Waals surface area contributed by atoms with E-state index < -0.39 is 0 Å². The Labute approximate surface area is 144 Å². The van der Waals surface area contributed by atoms with E-state index in [1.54, 1.807) is 9.80 Å². The van der Waals surface area contributed by atoms with Crippen LogP contribution in [0.2, 0.25) is 5.02 Å². The molecule has 124 valence electrons. The van der Waals surface area contributed by atoms with Crippen molar-refractivity contribution in [3.63, 3.8) is 0 Å². The summed E-state index contributed by atoms with van der Waals surface area (Å²) in [7, 11) is 0. The third-order valence-corrected chi connectivity index (χ3v) is 5.05. The van der Waals surface area contributed by atoms with Crippen LogP contribution in [-0.2, 0) is 16.0 Å². The van der Waals surface area contributed by atoms with Gasteiger partial charge in [-0.15, -0.1) is 0 Å². The van der Waals surface area contributed by atoms with Crippen LogP contribution in [0.1, 0.15) is 5.56 Å². The van der Waals surface area contributed by atoms with Crippen LogP contribution in [0, 0.1) is 0 Å². The molecule has 2 saturated heterocycles. The topological polar surface area (TPSA) is 49.9 Å². The molecule has 2 aliphatic heterocycles. The normalized spacial score (nSPS) is 23.1. The van der Waals surface area contributed by atoms with E-state index in [1.165, 1.54) is 11.8 Å². The van der Waals surface area contributed by atoms with E-state index in [9.17, 15) is 9.59 Å². The van der Waals surface area contributed by atoms with E-state index in [2.05, 4.69) is 0 Å². The first-order valence-corrected chi connectivity index (χ1v) is 9.34. The number of amides is 2. The van der Waals surface area contributed by atoms with Crippen LogP contribution in [0.3, 0.4) is 0 Å². The van der Waals surface area contributed by atoms with Crippen molar-refractivity contribution in [2.24, 2.45) is 0 Å². The van der Waals surface area contributed by atoms with Crippen LogP contribution < -0.4 is 0 Å². The summed E-state index contributed by atoms with van der Waals surface area (Å²) in [6.07, 6.45) is 2.15. The average Bonchev–Trinajstić information content (AvgIpc) is 3.03. The zero-order valence-corrected chi connectivity index (χ0v) is 14.5. The first-order valence-electron chi connectivity index (χ1n) is 7.57. The quantitative estimate of drug-likeness (QED) is 0.814. The number of carbonyl (C=O) groups is 2. The van der Waals surface area contributed by atoms with Crippen molar-refractivity contribution in [2.45, 2.75) is 18.6 Å². The van der Waals surface area contributed by atoms with E-state index in [-0.39, 0.29) is 24.1 Å². The maximum atomic E-state index is 12.0. The van der Waals surface area contributed by atoms with E-state index in [1.807, 2.05) is 30.5 Å². The van der Waals surface area contributed by atoms with Gasteiger partial charge in [0.2, 0.25) is 5.91 Å². The minimum absolute atomic E-state index is 0.0347. The highest BCUT2D eigenvalue weighted by molar-refractivity contribution is 7.99. The number of likely N-dealkylation sites (tertiary alicyclic amines) is 1. The van der Waals surface area contributed by atoms with Crippen molar-refractivity contribution in [2.75, 3.05) is 31.6 Å². The molecular weight excluding hydrogens is 336 g/mol. The van der Waals surface area contributed by atoms with Crippen molar-refractivity contribution in [3.8, 4) is 0 Å². The van der Waals surface area contributed by atoms with Gasteiger partial charge in [0.15, 0.2) is 0 Å². The summed E-state index contributed by atoms with van der Waals surface area (Å²) in [5.41, 5.74) is 1.09. The molecule has 1 aromatic rings. The fraction of sp³-hybridized carbons (Fsp3) is 0.500. The molecule has 0 bridgehead atoms. The lowest BCUT2D eigenvalue weighted by atomic mass is 10.1. The number of hydrogen-bond acceptors (Lipinski definition) is 4. The van der Waals surface area contributed by atoms with Gasteiger partial charge in [0.1, 0.15) is 6.10 Å². The molecule has 7 heteroatoms. The molecular formula is C16H19ClN2O3S. The number of ether oxygens (including phenoxy) is 1. The lowest BCUT2D eigenvalue weighted by molar-refractivity contribution is -0.127. The maximum absolute atomic E-state index is 12.0. The Hall–Kier alpha value is -1.40. The number of rotatable bonds is 5. The monoisotopic (exact) mass is 354 g/mol. The highest BCUT2D eigenvalue weighted by atomic mass is 35.5. The standard InChI is InChI=1S/C16H19ClN2O3S/c1-23-10-15(20)18-8-13-14(9-18)22-16(21)19(13)6-5-11-3-2-4-12(17)7-11/h2-4,7,13-14H,5-6,8-10H2,1H3/t13-,14+/m0/s1. The van der Waals surface area contributed by atoms with Gasteiger partial charge < -0.3 is 9.64 Å². The van der Waals surface area contributed by atoms with Crippen molar-refractivity contribution >= 4 is 35.4 Å². The number of carbonyl (C=O) groups excluding carboxylic acids is 2. The van der Waals surface area contributed by atoms with Gasteiger partial charge >= 0.3 is 6.09 Å². The van der Waals surface area contributed by atoms with E-state index in [0.717, 1.165) is 12.0 Å². The van der Waals surface area contributed by atoms with Crippen molar-refractivity contribution in [1.29, 1.82) is 0 Å². The minimum Gasteiger partial charge on any atom is -0.442 e. The van der Waals surface area contributed by atoms with Crippen LogP contribution in [-0.4, -0.2) is 65.6 Å². The van der Waals surface area contributed by atoms with Crippen molar-refractivity contribution in [3.05, 3.63) is 34.9 Å². The summed E-state index contributed by atoms with van der Waals surface area (Å²) in [5.74, 6) is 0.577. The zero-order chi connectivity index (χ0) is 16.4. The summed E-state index contributed by atoms with van der Waals surface area (Å²) < 4.78 is 5.43. The van der Waals surface area contributed by atoms with Gasteiger partial charge in [-0.05, 0) is 30.4 Å².